The lowest BCUT2D eigenvalue weighted by atomic mass is 10.2. The van der Waals surface area contributed by atoms with Gasteiger partial charge in [0.15, 0.2) is 0 Å². The van der Waals surface area contributed by atoms with Crippen LogP contribution in [0.4, 0.5) is 19.0 Å². The predicted molar refractivity (Wildman–Crippen MR) is 73.0 cm³/mol. The Morgan fingerprint density at radius 3 is 2.43 bits per heavy atom. The first kappa shape index (κ1) is 15.5. The molecule has 0 aromatic carbocycles. The number of halogens is 4. The van der Waals surface area contributed by atoms with Crippen LogP contribution in [0.1, 0.15) is 18.3 Å². The van der Waals surface area contributed by atoms with Crippen LogP contribution in [0.15, 0.2) is 30.6 Å². The van der Waals surface area contributed by atoms with E-state index in [1.54, 1.807) is 29.4 Å². The second-order valence-corrected chi connectivity index (χ2v) is 4.63. The molecule has 0 atom stereocenters. The number of aromatic nitrogens is 3. The van der Waals surface area contributed by atoms with E-state index in [2.05, 4.69) is 15.0 Å². The molecule has 0 amide bonds. The Morgan fingerprint density at radius 2 is 1.86 bits per heavy atom. The van der Waals surface area contributed by atoms with Crippen LogP contribution in [0.2, 0.25) is 5.15 Å². The van der Waals surface area contributed by atoms with Gasteiger partial charge < -0.3 is 4.90 Å². The number of hydrogen-bond acceptors (Lipinski definition) is 4. The first-order chi connectivity index (χ1) is 9.90. The third kappa shape index (κ3) is 4.04. The lowest BCUT2D eigenvalue weighted by molar-refractivity contribution is -0.144. The second-order valence-electron chi connectivity index (χ2n) is 4.24. The molecule has 0 aliphatic rings. The van der Waals surface area contributed by atoms with Gasteiger partial charge >= 0.3 is 6.18 Å². The fourth-order valence-corrected chi connectivity index (χ4v) is 1.94. The van der Waals surface area contributed by atoms with E-state index in [0.717, 1.165) is 5.56 Å². The maximum Gasteiger partial charge on any atom is 0.451 e. The molecule has 21 heavy (non-hydrogen) atoms. The van der Waals surface area contributed by atoms with Crippen molar-refractivity contribution in [3.05, 3.63) is 47.1 Å². The van der Waals surface area contributed by atoms with Crippen LogP contribution in [0.3, 0.4) is 0 Å². The lowest BCUT2D eigenvalue weighted by Crippen LogP contribution is -2.25. The van der Waals surface area contributed by atoms with Crippen molar-refractivity contribution in [1.29, 1.82) is 0 Å². The molecule has 0 radical (unpaired) electrons. The van der Waals surface area contributed by atoms with Crippen LogP contribution in [0, 0.1) is 0 Å². The molecule has 0 unspecified atom stereocenters. The Bertz CT molecular complexity index is 604. The van der Waals surface area contributed by atoms with Gasteiger partial charge in [0.05, 0.1) is 0 Å². The summed E-state index contributed by atoms with van der Waals surface area (Å²) < 4.78 is 38.2. The van der Waals surface area contributed by atoms with Gasteiger partial charge in [-0.3, -0.25) is 4.98 Å². The summed E-state index contributed by atoms with van der Waals surface area (Å²) in [6.07, 6.45) is -1.38. The van der Waals surface area contributed by atoms with Crippen LogP contribution in [0.25, 0.3) is 0 Å². The van der Waals surface area contributed by atoms with Gasteiger partial charge in [0, 0.05) is 31.5 Å². The average Bonchev–Trinajstić information content (AvgIpc) is 2.44. The molecule has 0 aliphatic carbocycles. The molecular weight excluding hydrogens is 305 g/mol. The molecule has 0 bridgehead atoms. The van der Waals surface area contributed by atoms with E-state index in [4.69, 9.17) is 11.6 Å². The van der Waals surface area contributed by atoms with Crippen molar-refractivity contribution in [2.45, 2.75) is 19.6 Å². The molecule has 8 heteroatoms. The molecule has 0 saturated carbocycles. The zero-order valence-corrected chi connectivity index (χ0v) is 11.9. The van der Waals surface area contributed by atoms with Crippen molar-refractivity contribution in [2.24, 2.45) is 0 Å². The fourth-order valence-electron chi connectivity index (χ4n) is 1.76. The highest BCUT2D eigenvalue weighted by atomic mass is 35.5. The highest BCUT2D eigenvalue weighted by molar-refractivity contribution is 6.29. The van der Waals surface area contributed by atoms with Gasteiger partial charge in [-0.05, 0) is 24.6 Å². The Morgan fingerprint density at radius 1 is 1.19 bits per heavy atom. The Kier molecular flexibility index (Phi) is 4.62. The molecular formula is C13H12ClF3N4. The fraction of sp³-hybridized carbons (Fsp3) is 0.308. The highest BCUT2D eigenvalue weighted by Crippen LogP contribution is 2.29. The standard InChI is InChI=1S/C13H12ClF3N4/c1-2-21(8-9-3-5-18-6-4-9)11-7-10(14)19-12(20-11)13(15,16)17/h3-7H,2,8H2,1H3. The largest absolute Gasteiger partial charge is 0.451 e. The molecule has 4 nitrogen and oxygen atoms in total. The first-order valence-corrected chi connectivity index (χ1v) is 6.53. The minimum Gasteiger partial charge on any atom is -0.352 e. The molecule has 0 aliphatic heterocycles. The van der Waals surface area contributed by atoms with Crippen molar-refractivity contribution in [3.63, 3.8) is 0 Å². The minimum atomic E-state index is -4.63. The van der Waals surface area contributed by atoms with Crippen LogP contribution < -0.4 is 4.90 Å². The van der Waals surface area contributed by atoms with E-state index in [-0.39, 0.29) is 11.0 Å². The number of alkyl halides is 3. The molecule has 2 aromatic rings. The molecule has 112 valence electrons. The zero-order valence-electron chi connectivity index (χ0n) is 11.1. The number of rotatable bonds is 4. The second kappa shape index (κ2) is 6.26. The van der Waals surface area contributed by atoms with Gasteiger partial charge in [0.1, 0.15) is 11.0 Å². The van der Waals surface area contributed by atoms with Gasteiger partial charge in [-0.25, -0.2) is 9.97 Å². The number of pyridine rings is 1. The van der Waals surface area contributed by atoms with Crippen molar-refractivity contribution in [2.75, 3.05) is 11.4 Å². The molecule has 0 N–H and O–H groups in total. The van der Waals surface area contributed by atoms with E-state index < -0.39 is 12.0 Å². The Hall–Kier alpha value is -1.89. The summed E-state index contributed by atoms with van der Waals surface area (Å²) in [5, 5.41) is -0.236. The first-order valence-electron chi connectivity index (χ1n) is 6.15. The topological polar surface area (TPSA) is 41.9 Å². The third-order valence-electron chi connectivity index (χ3n) is 2.76. The smallest absolute Gasteiger partial charge is 0.352 e. The maximum atomic E-state index is 12.7. The van der Waals surface area contributed by atoms with Gasteiger partial charge in [-0.15, -0.1) is 0 Å². The van der Waals surface area contributed by atoms with Crippen LogP contribution >= 0.6 is 11.6 Å². The van der Waals surface area contributed by atoms with Crippen LogP contribution in [-0.4, -0.2) is 21.5 Å². The quantitative estimate of drug-likeness (QED) is 0.809. The summed E-state index contributed by atoms with van der Waals surface area (Å²) >= 11 is 5.67. The number of nitrogens with zero attached hydrogens (tertiary/aromatic N) is 4. The van der Waals surface area contributed by atoms with Gasteiger partial charge in [-0.2, -0.15) is 13.2 Å². The molecule has 2 aromatic heterocycles. The number of hydrogen-bond donors (Lipinski definition) is 0. The SMILES string of the molecule is CCN(Cc1ccncc1)c1cc(Cl)nc(C(F)(F)F)n1. The predicted octanol–water partition coefficient (Wildman–Crippen LogP) is 3.57. The van der Waals surface area contributed by atoms with Crippen LogP contribution in [-0.2, 0) is 12.7 Å². The van der Waals surface area contributed by atoms with Gasteiger partial charge in [-0.1, -0.05) is 11.6 Å². The van der Waals surface area contributed by atoms with Gasteiger partial charge in [0.2, 0.25) is 5.82 Å². The summed E-state index contributed by atoms with van der Waals surface area (Å²) in [7, 11) is 0. The molecule has 2 rings (SSSR count). The minimum absolute atomic E-state index is 0.140. The third-order valence-corrected chi connectivity index (χ3v) is 2.96. The van der Waals surface area contributed by atoms with Gasteiger partial charge in [0.25, 0.3) is 0 Å². The normalized spacial score (nSPS) is 11.5. The van der Waals surface area contributed by atoms with E-state index in [1.807, 2.05) is 6.92 Å². The lowest BCUT2D eigenvalue weighted by Gasteiger charge is -2.22. The van der Waals surface area contributed by atoms with Crippen molar-refractivity contribution in [3.8, 4) is 0 Å². The van der Waals surface area contributed by atoms with Crippen molar-refractivity contribution in [1.82, 2.24) is 15.0 Å². The molecule has 0 fully saturated rings. The van der Waals surface area contributed by atoms with E-state index in [9.17, 15) is 13.2 Å². The molecule has 0 saturated heterocycles. The Balaban J connectivity index is 2.32. The zero-order chi connectivity index (χ0) is 15.5. The molecule has 2 heterocycles. The average molecular weight is 317 g/mol. The maximum absolute atomic E-state index is 12.7. The van der Waals surface area contributed by atoms with Crippen LogP contribution in [0.5, 0.6) is 0 Å². The monoisotopic (exact) mass is 316 g/mol. The van der Waals surface area contributed by atoms with Crippen molar-refractivity contribution < 1.29 is 13.2 Å². The Labute approximate surface area is 124 Å². The van der Waals surface area contributed by atoms with E-state index >= 15 is 0 Å². The molecule has 0 spiro atoms. The van der Waals surface area contributed by atoms with E-state index in [0.29, 0.717) is 13.1 Å². The highest BCUT2D eigenvalue weighted by Gasteiger charge is 2.35. The number of anilines is 1. The van der Waals surface area contributed by atoms with Crippen molar-refractivity contribution >= 4 is 17.4 Å². The summed E-state index contributed by atoms with van der Waals surface area (Å²) in [6, 6.07) is 4.90. The summed E-state index contributed by atoms with van der Waals surface area (Å²) in [4.78, 5) is 12.4. The van der Waals surface area contributed by atoms with E-state index in [1.165, 1.54) is 6.07 Å². The summed E-state index contributed by atoms with van der Waals surface area (Å²) in [5.74, 6) is -1.10. The summed E-state index contributed by atoms with van der Waals surface area (Å²) in [5.41, 5.74) is 0.912. The summed E-state index contributed by atoms with van der Waals surface area (Å²) in [6.45, 7) is 2.71.